The fourth-order valence-corrected chi connectivity index (χ4v) is 6.08. The number of Topliss-reactive ketones (excluding diaryl/α,β-unsaturated/α-hetero) is 1. The number of nitrogens with zero attached hydrogens (tertiary/aromatic N) is 1. The van der Waals surface area contributed by atoms with Crippen LogP contribution in [0.3, 0.4) is 0 Å². The lowest BCUT2D eigenvalue weighted by atomic mass is 9.67. The molecule has 1 atom stereocenters. The number of carbonyl (C=O) groups is 1. The summed E-state index contributed by atoms with van der Waals surface area (Å²) in [6.07, 6.45) is -4.31. The molecule has 6 nitrogen and oxygen atoms in total. The van der Waals surface area contributed by atoms with Gasteiger partial charge in [0.25, 0.3) is 0 Å². The topological polar surface area (TPSA) is 82.9 Å². The van der Waals surface area contributed by atoms with Crippen LogP contribution in [0.5, 0.6) is 11.5 Å². The fourth-order valence-electron chi connectivity index (χ4n) is 6.08. The third-order valence-corrected chi connectivity index (χ3v) is 7.98. The lowest BCUT2D eigenvalue weighted by Crippen LogP contribution is -2.45. The number of benzene rings is 3. The zero-order chi connectivity index (χ0) is 30.0. The summed E-state index contributed by atoms with van der Waals surface area (Å²) in [6, 6.07) is 17.1. The van der Waals surface area contributed by atoms with Crippen LogP contribution in [0.15, 0.2) is 83.6 Å². The normalized spacial score (nSPS) is 21.0. The molecule has 0 fully saturated rings. The first-order chi connectivity index (χ1) is 19.9. The highest BCUT2D eigenvalue weighted by molar-refractivity contribution is 6.20. The molecule has 6 rings (SSSR count). The molecular formula is C33H29F3N2O4. The van der Waals surface area contributed by atoms with Crippen molar-refractivity contribution in [3.63, 3.8) is 0 Å². The standard InChI is InChI=1S/C33H29F3N2O4/c1-18-8-10-19(11-9-18)30(40)29-27(20-12-13-25-26(14-20)42-17-41-25)28-23(15-32(2,3)16-24(28)39)38(31(29)37)22-7-5-4-6-21(22)33(34,35)36/h4-14,27,37,40H,15-17H2,1-3H3/t27-/m0/s1. The molecule has 0 amide bonds. The second kappa shape index (κ2) is 9.79. The molecule has 3 aliphatic rings. The smallest absolute Gasteiger partial charge is 0.418 e. The quantitative estimate of drug-likeness (QED) is 0.311. The molecule has 0 aromatic heterocycles. The molecular weight excluding hydrogens is 545 g/mol. The molecule has 2 heterocycles. The molecule has 0 bridgehead atoms. The van der Waals surface area contributed by atoms with E-state index in [1.54, 1.807) is 42.5 Å². The Labute approximate surface area is 241 Å². The van der Waals surface area contributed by atoms with Gasteiger partial charge in [-0.25, -0.2) is 0 Å². The van der Waals surface area contributed by atoms with Gasteiger partial charge in [-0.2, -0.15) is 13.2 Å². The Balaban J connectivity index is 1.69. The van der Waals surface area contributed by atoms with E-state index in [-0.39, 0.29) is 53.8 Å². The summed E-state index contributed by atoms with van der Waals surface area (Å²) in [4.78, 5) is 15.2. The minimum absolute atomic E-state index is 0.0274. The fraction of sp³-hybridized carbons (Fsp3) is 0.273. The molecule has 0 saturated carbocycles. The van der Waals surface area contributed by atoms with Crippen LogP contribution in [0.25, 0.3) is 5.76 Å². The average Bonchev–Trinajstić information content (AvgIpc) is 3.39. The summed E-state index contributed by atoms with van der Waals surface area (Å²) < 4.78 is 54.1. The molecule has 2 aliphatic heterocycles. The predicted molar refractivity (Wildman–Crippen MR) is 153 cm³/mol. The predicted octanol–water partition coefficient (Wildman–Crippen LogP) is 7.94. The van der Waals surface area contributed by atoms with Crippen molar-refractivity contribution in [1.82, 2.24) is 0 Å². The Hall–Kier alpha value is -4.53. The van der Waals surface area contributed by atoms with Gasteiger partial charge in [0.1, 0.15) is 11.6 Å². The minimum atomic E-state index is -4.72. The van der Waals surface area contributed by atoms with Gasteiger partial charge in [0, 0.05) is 34.7 Å². The second-order valence-corrected chi connectivity index (χ2v) is 11.7. The lowest BCUT2D eigenvalue weighted by Gasteiger charge is -2.45. The Morgan fingerprint density at radius 3 is 2.40 bits per heavy atom. The van der Waals surface area contributed by atoms with E-state index in [2.05, 4.69) is 0 Å². The number of ether oxygens (including phenoxy) is 2. The molecule has 0 radical (unpaired) electrons. The van der Waals surface area contributed by atoms with E-state index in [1.165, 1.54) is 23.1 Å². The van der Waals surface area contributed by atoms with Gasteiger partial charge >= 0.3 is 6.18 Å². The van der Waals surface area contributed by atoms with Crippen LogP contribution < -0.4 is 14.4 Å². The van der Waals surface area contributed by atoms with Crippen LogP contribution in [0.2, 0.25) is 0 Å². The first-order valence-corrected chi connectivity index (χ1v) is 13.6. The van der Waals surface area contributed by atoms with E-state index in [0.717, 1.165) is 11.6 Å². The number of nitrogens with one attached hydrogen (secondary N) is 1. The number of fused-ring (bicyclic) bond motifs is 1. The maximum absolute atomic E-state index is 14.3. The Morgan fingerprint density at radius 1 is 1.00 bits per heavy atom. The SMILES string of the molecule is Cc1ccc(C(O)=C2C(=N)N(c3ccccc3C(F)(F)F)C3=C(C(=O)CC(C)(C)C3)[C@@H]2c2ccc3c(c2)OCO3)cc1. The van der Waals surface area contributed by atoms with Gasteiger partial charge in [-0.1, -0.05) is 61.9 Å². The summed E-state index contributed by atoms with van der Waals surface area (Å²) in [6.45, 7) is 5.69. The number of amidine groups is 1. The largest absolute Gasteiger partial charge is 0.507 e. The van der Waals surface area contributed by atoms with Crippen molar-refractivity contribution in [2.45, 2.75) is 45.7 Å². The van der Waals surface area contributed by atoms with E-state index in [1.807, 2.05) is 20.8 Å². The number of anilines is 1. The zero-order valence-corrected chi connectivity index (χ0v) is 23.3. The number of hydrogen-bond donors (Lipinski definition) is 2. The molecule has 9 heteroatoms. The average molecular weight is 575 g/mol. The number of alkyl halides is 3. The summed E-state index contributed by atoms with van der Waals surface area (Å²) in [5.41, 5.74) is 0.709. The maximum Gasteiger partial charge on any atom is 0.418 e. The van der Waals surface area contributed by atoms with Gasteiger partial charge in [0.05, 0.1) is 11.3 Å². The van der Waals surface area contributed by atoms with Crippen LogP contribution in [0.1, 0.15) is 54.9 Å². The summed E-state index contributed by atoms with van der Waals surface area (Å²) >= 11 is 0. The molecule has 1 aliphatic carbocycles. The van der Waals surface area contributed by atoms with Crippen LogP contribution in [0.4, 0.5) is 18.9 Å². The van der Waals surface area contributed by atoms with Crippen molar-refractivity contribution in [2.75, 3.05) is 11.7 Å². The van der Waals surface area contributed by atoms with Gasteiger partial charge < -0.3 is 14.6 Å². The molecule has 0 unspecified atom stereocenters. The highest BCUT2D eigenvalue weighted by atomic mass is 19.4. The Morgan fingerprint density at radius 2 is 1.69 bits per heavy atom. The monoisotopic (exact) mass is 574 g/mol. The molecule has 3 aromatic rings. The highest BCUT2D eigenvalue weighted by Gasteiger charge is 2.48. The van der Waals surface area contributed by atoms with Gasteiger partial charge in [-0.15, -0.1) is 0 Å². The molecule has 216 valence electrons. The van der Waals surface area contributed by atoms with E-state index < -0.39 is 23.1 Å². The maximum atomic E-state index is 14.3. The molecule has 0 spiro atoms. The molecule has 42 heavy (non-hydrogen) atoms. The van der Waals surface area contributed by atoms with E-state index in [4.69, 9.17) is 9.47 Å². The van der Waals surface area contributed by atoms with Crippen LogP contribution >= 0.6 is 0 Å². The number of allylic oxidation sites excluding steroid dienone is 2. The number of rotatable bonds is 3. The number of ketones is 1. The van der Waals surface area contributed by atoms with Gasteiger partial charge in [0.2, 0.25) is 6.79 Å². The summed E-state index contributed by atoms with van der Waals surface area (Å²) in [5.74, 6) is -0.841. The van der Waals surface area contributed by atoms with Crippen molar-refractivity contribution in [1.29, 1.82) is 5.41 Å². The van der Waals surface area contributed by atoms with Crippen LogP contribution in [-0.2, 0) is 11.0 Å². The van der Waals surface area contributed by atoms with Gasteiger partial charge in [-0.3, -0.25) is 15.1 Å². The highest BCUT2D eigenvalue weighted by Crippen LogP contribution is 2.53. The van der Waals surface area contributed by atoms with Crippen LogP contribution in [0, 0.1) is 17.7 Å². The minimum Gasteiger partial charge on any atom is -0.507 e. The zero-order valence-electron chi connectivity index (χ0n) is 23.3. The number of aliphatic hydroxyl groups is 1. The van der Waals surface area contributed by atoms with Gasteiger partial charge in [0.15, 0.2) is 17.3 Å². The Bertz CT molecular complexity index is 1690. The van der Waals surface area contributed by atoms with Crippen LogP contribution in [-0.4, -0.2) is 23.5 Å². The second-order valence-electron chi connectivity index (χ2n) is 11.7. The van der Waals surface area contributed by atoms with Crippen molar-refractivity contribution in [3.8, 4) is 11.5 Å². The van der Waals surface area contributed by atoms with Crippen molar-refractivity contribution in [2.24, 2.45) is 5.41 Å². The molecule has 3 aromatic carbocycles. The third kappa shape index (κ3) is 4.62. The summed E-state index contributed by atoms with van der Waals surface area (Å²) in [7, 11) is 0. The first-order valence-electron chi connectivity index (χ1n) is 13.6. The number of hydrogen-bond acceptors (Lipinski definition) is 5. The molecule has 2 N–H and O–H groups in total. The van der Waals surface area contributed by atoms with Crippen molar-refractivity contribution >= 4 is 23.1 Å². The first kappa shape index (κ1) is 27.6. The van der Waals surface area contributed by atoms with E-state index in [9.17, 15) is 28.5 Å². The molecule has 0 saturated heterocycles. The van der Waals surface area contributed by atoms with E-state index >= 15 is 0 Å². The Kier molecular flexibility index (Phi) is 6.44. The van der Waals surface area contributed by atoms with Crippen molar-refractivity contribution < 1.29 is 32.5 Å². The number of halogens is 3. The lowest BCUT2D eigenvalue weighted by molar-refractivity contribution is -0.137. The number of aryl methyl sites for hydroxylation is 1. The number of carbonyl (C=O) groups excluding carboxylic acids is 1. The summed E-state index contributed by atoms with van der Waals surface area (Å²) in [5, 5.41) is 21.3. The van der Waals surface area contributed by atoms with Gasteiger partial charge in [-0.05, 0) is 48.6 Å². The van der Waals surface area contributed by atoms with E-state index in [0.29, 0.717) is 28.3 Å². The third-order valence-electron chi connectivity index (χ3n) is 7.98. The van der Waals surface area contributed by atoms with Crippen molar-refractivity contribution in [3.05, 3.63) is 106 Å². The number of aliphatic hydroxyl groups excluding tert-OH is 1. The number of para-hydroxylation sites is 1.